The van der Waals surface area contributed by atoms with Crippen molar-refractivity contribution in [3.05, 3.63) is 42.1 Å². The number of unbranched alkanes of at least 4 members (excludes halogenated alkanes) is 1. The number of carbonyl (C=O) groups is 1. The summed E-state index contributed by atoms with van der Waals surface area (Å²) in [5.41, 5.74) is 3.43. The topological polar surface area (TPSA) is 57.7 Å². The maximum absolute atomic E-state index is 13.5. The fourth-order valence-corrected chi connectivity index (χ4v) is 4.29. The number of aromatic nitrogens is 1. The van der Waals surface area contributed by atoms with E-state index in [1.54, 1.807) is 18.0 Å². The molecule has 178 valence electrons. The standard InChI is InChI=1S/C24H29F3N4O2/c1-17(5-2-3-9-24(25,26)27)23(32)31-16-18-6-4-10-28-22(18)29-20-8-7-19(15-21(20)31)30-11-13-33-14-12-30/h4,6-8,10,15,17H,2-3,5,9,11-14,16H2,1H3,(H,28,29)/t17-/m0/s1. The Labute approximate surface area is 191 Å². The molecule has 1 atom stereocenters. The smallest absolute Gasteiger partial charge is 0.378 e. The largest absolute Gasteiger partial charge is 0.389 e. The van der Waals surface area contributed by atoms with E-state index in [-0.39, 0.29) is 12.3 Å². The molecule has 0 saturated carbocycles. The number of anilines is 4. The average molecular weight is 463 g/mol. The van der Waals surface area contributed by atoms with Crippen LogP contribution in [0.5, 0.6) is 0 Å². The van der Waals surface area contributed by atoms with Crippen LogP contribution >= 0.6 is 0 Å². The van der Waals surface area contributed by atoms with Crippen molar-refractivity contribution in [2.75, 3.05) is 41.4 Å². The highest BCUT2D eigenvalue weighted by Gasteiger charge is 2.30. The molecule has 2 aliphatic rings. The van der Waals surface area contributed by atoms with Crippen molar-refractivity contribution in [1.29, 1.82) is 0 Å². The number of fused-ring (bicyclic) bond motifs is 2. The number of nitrogens with zero attached hydrogens (tertiary/aromatic N) is 3. The summed E-state index contributed by atoms with van der Waals surface area (Å²) in [6, 6.07) is 9.75. The molecular formula is C24H29F3N4O2. The quantitative estimate of drug-likeness (QED) is 0.593. The van der Waals surface area contributed by atoms with E-state index >= 15 is 0 Å². The first kappa shape index (κ1) is 23.4. The molecule has 9 heteroatoms. The number of benzene rings is 1. The zero-order valence-electron chi connectivity index (χ0n) is 18.7. The fourth-order valence-electron chi connectivity index (χ4n) is 4.29. The van der Waals surface area contributed by atoms with Crippen LogP contribution in [0.4, 0.5) is 36.1 Å². The molecule has 2 aliphatic heterocycles. The van der Waals surface area contributed by atoms with Gasteiger partial charge < -0.3 is 19.9 Å². The van der Waals surface area contributed by atoms with Gasteiger partial charge in [0.25, 0.3) is 0 Å². The summed E-state index contributed by atoms with van der Waals surface area (Å²) in [6.07, 6.45) is -2.46. The van der Waals surface area contributed by atoms with Crippen molar-refractivity contribution in [3.8, 4) is 0 Å². The molecule has 33 heavy (non-hydrogen) atoms. The summed E-state index contributed by atoms with van der Waals surface area (Å²) in [6.45, 7) is 5.01. The lowest BCUT2D eigenvalue weighted by atomic mass is 10.0. The van der Waals surface area contributed by atoms with Gasteiger partial charge in [0.15, 0.2) is 0 Å². The highest BCUT2D eigenvalue weighted by molar-refractivity contribution is 6.00. The number of hydrogen-bond donors (Lipinski definition) is 1. The van der Waals surface area contributed by atoms with Gasteiger partial charge in [0.1, 0.15) is 5.82 Å². The number of rotatable bonds is 6. The third-order valence-electron chi connectivity index (χ3n) is 6.16. The molecule has 2 aromatic rings. The molecule has 1 saturated heterocycles. The minimum atomic E-state index is -4.16. The molecule has 1 aromatic heterocycles. The molecule has 0 spiro atoms. The maximum atomic E-state index is 13.5. The third-order valence-corrected chi connectivity index (χ3v) is 6.16. The summed E-state index contributed by atoms with van der Waals surface area (Å²) in [5, 5.41) is 3.35. The summed E-state index contributed by atoms with van der Waals surface area (Å²) in [7, 11) is 0. The van der Waals surface area contributed by atoms with Gasteiger partial charge in [-0.1, -0.05) is 19.4 Å². The Morgan fingerprint density at radius 2 is 2.00 bits per heavy atom. The molecule has 6 nitrogen and oxygen atoms in total. The molecule has 4 rings (SSSR count). The zero-order valence-corrected chi connectivity index (χ0v) is 18.7. The van der Waals surface area contributed by atoms with Crippen LogP contribution in [-0.2, 0) is 16.1 Å². The van der Waals surface area contributed by atoms with Gasteiger partial charge in [0.2, 0.25) is 5.91 Å². The van der Waals surface area contributed by atoms with Gasteiger partial charge in [-0.15, -0.1) is 0 Å². The second-order valence-corrected chi connectivity index (χ2v) is 8.62. The van der Waals surface area contributed by atoms with Crippen molar-refractivity contribution in [2.45, 2.75) is 45.3 Å². The Bertz CT molecular complexity index is 976. The number of hydrogen-bond acceptors (Lipinski definition) is 5. The number of pyridine rings is 1. The highest BCUT2D eigenvalue weighted by atomic mass is 19.4. The first-order valence-electron chi connectivity index (χ1n) is 11.4. The lowest BCUT2D eigenvalue weighted by molar-refractivity contribution is -0.135. The summed E-state index contributed by atoms with van der Waals surface area (Å²) >= 11 is 0. The van der Waals surface area contributed by atoms with E-state index in [4.69, 9.17) is 4.74 Å². The maximum Gasteiger partial charge on any atom is 0.389 e. The molecule has 1 amide bonds. The highest BCUT2D eigenvalue weighted by Crippen LogP contribution is 2.38. The Morgan fingerprint density at radius 1 is 1.21 bits per heavy atom. The number of carbonyl (C=O) groups excluding carboxylic acids is 1. The van der Waals surface area contributed by atoms with E-state index in [0.717, 1.165) is 35.7 Å². The van der Waals surface area contributed by atoms with E-state index in [1.807, 2.05) is 30.3 Å². The zero-order chi connectivity index (χ0) is 23.4. The van der Waals surface area contributed by atoms with Crippen LogP contribution in [-0.4, -0.2) is 43.4 Å². The number of ether oxygens (including phenoxy) is 1. The third kappa shape index (κ3) is 5.76. The van der Waals surface area contributed by atoms with Crippen LogP contribution in [0.1, 0.15) is 38.2 Å². The number of nitrogens with one attached hydrogen (secondary N) is 1. The molecular weight excluding hydrogens is 433 g/mol. The van der Waals surface area contributed by atoms with Crippen LogP contribution in [0.15, 0.2) is 36.5 Å². The second-order valence-electron chi connectivity index (χ2n) is 8.62. The molecule has 1 N–H and O–H groups in total. The molecule has 3 heterocycles. The van der Waals surface area contributed by atoms with Gasteiger partial charge in [-0.05, 0) is 37.1 Å². The number of morpholine rings is 1. The normalized spacial score (nSPS) is 17.0. The van der Waals surface area contributed by atoms with Crippen molar-refractivity contribution < 1.29 is 22.7 Å². The summed E-state index contributed by atoms with van der Waals surface area (Å²) < 4.78 is 42.9. The predicted molar refractivity (Wildman–Crippen MR) is 122 cm³/mol. The minimum Gasteiger partial charge on any atom is -0.378 e. The number of alkyl halides is 3. The molecule has 0 radical (unpaired) electrons. The Kier molecular flexibility index (Phi) is 7.07. The molecule has 1 aromatic carbocycles. The van der Waals surface area contributed by atoms with E-state index in [0.29, 0.717) is 38.4 Å². The second kappa shape index (κ2) is 9.99. The predicted octanol–water partition coefficient (Wildman–Crippen LogP) is 5.27. The first-order chi connectivity index (χ1) is 15.8. The average Bonchev–Trinajstić information content (AvgIpc) is 2.97. The van der Waals surface area contributed by atoms with E-state index in [9.17, 15) is 18.0 Å². The lowest BCUT2D eigenvalue weighted by Gasteiger charge is -2.31. The lowest BCUT2D eigenvalue weighted by Crippen LogP contribution is -2.37. The molecule has 0 unspecified atom stereocenters. The van der Waals surface area contributed by atoms with Crippen molar-refractivity contribution in [3.63, 3.8) is 0 Å². The van der Waals surface area contributed by atoms with Gasteiger partial charge in [0.05, 0.1) is 31.1 Å². The Balaban J connectivity index is 1.58. The van der Waals surface area contributed by atoms with E-state index < -0.39 is 18.5 Å². The minimum absolute atomic E-state index is 0.0349. The SMILES string of the molecule is C[C@@H](CCCCC(F)(F)F)C(=O)N1Cc2cccnc2Nc2ccc(N3CCOCC3)cc21. The fraction of sp³-hybridized carbons (Fsp3) is 0.500. The van der Waals surface area contributed by atoms with Crippen LogP contribution < -0.4 is 15.1 Å². The Hall–Kier alpha value is -2.81. The van der Waals surface area contributed by atoms with Crippen LogP contribution in [0, 0.1) is 5.92 Å². The summed E-state index contributed by atoms with van der Waals surface area (Å²) in [4.78, 5) is 21.9. The van der Waals surface area contributed by atoms with Crippen molar-refractivity contribution in [2.24, 2.45) is 5.92 Å². The van der Waals surface area contributed by atoms with Crippen LogP contribution in [0.25, 0.3) is 0 Å². The van der Waals surface area contributed by atoms with Gasteiger partial charge in [0, 0.05) is 42.9 Å². The van der Waals surface area contributed by atoms with Gasteiger partial charge in [-0.25, -0.2) is 4.98 Å². The molecule has 0 bridgehead atoms. The van der Waals surface area contributed by atoms with Gasteiger partial charge in [-0.2, -0.15) is 13.2 Å². The van der Waals surface area contributed by atoms with Crippen LogP contribution in [0.2, 0.25) is 0 Å². The monoisotopic (exact) mass is 462 g/mol. The first-order valence-corrected chi connectivity index (χ1v) is 11.4. The van der Waals surface area contributed by atoms with Crippen molar-refractivity contribution >= 4 is 28.8 Å². The van der Waals surface area contributed by atoms with E-state index in [2.05, 4.69) is 15.2 Å². The van der Waals surface area contributed by atoms with Crippen LogP contribution in [0.3, 0.4) is 0 Å². The Morgan fingerprint density at radius 3 is 2.76 bits per heavy atom. The van der Waals surface area contributed by atoms with E-state index in [1.165, 1.54) is 0 Å². The number of amides is 1. The van der Waals surface area contributed by atoms with Crippen molar-refractivity contribution in [1.82, 2.24) is 4.98 Å². The number of halogens is 3. The van der Waals surface area contributed by atoms with Gasteiger partial charge in [-0.3, -0.25) is 4.79 Å². The summed E-state index contributed by atoms with van der Waals surface area (Å²) in [5.74, 6) is 0.211. The molecule has 1 fully saturated rings. The van der Waals surface area contributed by atoms with Gasteiger partial charge >= 0.3 is 6.18 Å². The molecule has 0 aliphatic carbocycles.